The van der Waals surface area contributed by atoms with Crippen molar-refractivity contribution in [3.8, 4) is 0 Å². The van der Waals surface area contributed by atoms with Gasteiger partial charge in [-0.15, -0.1) is 17.5 Å². The molecule has 25 heavy (non-hydrogen) atoms. The first kappa shape index (κ1) is 18.8. The Hall–Kier alpha value is -2.52. The van der Waals surface area contributed by atoms with Crippen LogP contribution in [0.1, 0.15) is 34.9 Å². The Morgan fingerprint density at radius 1 is 1.40 bits per heavy atom. The number of anilines is 1. The molecule has 0 aliphatic carbocycles. The van der Waals surface area contributed by atoms with Gasteiger partial charge < -0.3 is 10.6 Å². The summed E-state index contributed by atoms with van der Waals surface area (Å²) in [5, 5.41) is 24.9. The van der Waals surface area contributed by atoms with Crippen molar-refractivity contribution in [3.63, 3.8) is 0 Å². The number of nitrogens with zero attached hydrogens (tertiary/aromatic N) is 4. The number of halogens is 1. The normalized spacial score (nSPS) is 14.6. The molecule has 0 bridgehead atoms. The van der Waals surface area contributed by atoms with Gasteiger partial charge in [0.25, 0.3) is 11.6 Å². The van der Waals surface area contributed by atoms with Crippen molar-refractivity contribution in [2.24, 2.45) is 0 Å². The molecule has 0 radical (unpaired) electrons. The lowest BCUT2D eigenvalue weighted by Crippen LogP contribution is -2.29. The molecule has 2 N–H and O–H groups in total. The zero-order chi connectivity index (χ0) is 17.1. The topological polar surface area (TPSA) is 115 Å². The lowest BCUT2D eigenvalue weighted by atomic mass is 10.1. The molecule has 134 valence electrons. The van der Waals surface area contributed by atoms with Gasteiger partial charge in [-0.05, 0) is 38.9 Å². The number of hydrogen-bond donors (Lipinski definition) is 2. The quantitative estimate of drug-likeness (QED) is 0.632. The number of aromatic nitrogens is 3. The van der Waals surface area contributed by atoms with Crippen LogP contribution in [0, 0.1) is 17.0 Å². The number of amides is 1. The van der Waals surface area contributed by atoms with E-state index in [2.05, 4.69) is 20.9 Å². The summed E-state index contributed by atoms with van der Waals surface area (Å²) in [4.78, 5) is 22.8. The zero-order valence-electron chi connectivity index (χ0n) is 13.6. The predicted octanol–water partition coefficient (Wildman–Crippen LogP) is 2.09. The monoisotopic (exact) mass is 366 g/mol. The van der Waals surface area contributed by atoms with Crippen molar-refractivity contribution in [1.29, 1.82) is 0 Å². The second kappa shape index (κ2) is 8.04. The SMILES string of the molecule is Cc1c(NC(=O)c2cn(C3CCNCC3)nn2)cccc1[N+](=O)[O-].Cl. The molecule has 1 aromatic heterocycles. The van der Waals surface area contributed by atoms with Crippen LogP contribution >= 0.6 is 12.4 Å². The largest absolute Gasteiger partial charge is 0.320 e. The first-order valence-corrected chi connectivity index (χ1v) is 7.74. The van der Waals surface area contributed by atoms with E-state index in [0.29, 0.717) is 11.3 Å². The zero-order valence-corrected chi connectivity index (χ0v) is 14.5. The van der Waals surface area contributed by atoms with E-state index in [4.69, 9.17) is 0 Å². The highest BCUT2D eigenvalue weighted by molar-refractivity contribution is 6.03. The molecule has 1 saturated heterocycles. The highest BCUT2D eigenvalue weighted by atomic mass is 35.5. The predicted molar refractivity (Wildman–Crippen MR) is 94.2 cm³/mol. The molecule has 9 nitrogen and oxygen atoms in total. The van der Waals surface area contributed by atoms with Gasteiger partial charge in [0.05, 0.1) is 28.4 Å². The summed E-state index contributed by atoms with van der Waals surface area (Å²) in [7, 11) is 0. The second-order valence-corrected chi connectivity index (χ2v) is 5.73. The Bertz CT molecular complexity index is 772. The van der Waals surface area contributed by atoms with Gasteiger partial charge in [0.1, 0.15) is 0 Å². The first-order valence-electron chi connectivity index (χ1n) is 7.74. The average Bonchev–Trinajstić information content (AvgIpc) is 3.07. The molecule has 0 atom stereocenters. The fraction of sp³-hybridized carbons (Fsp3) is 0.400. The van der Waals surface area contributed by atoms with Crippen LogP contribution in [0.15, 0.2) is 24.4 Å². The van der Waals surface area contributed by atoms with Gasteiger partial charge in [-0.25, -0.2) is 4.68 Å². The average molecular weight is 367 g/mol. The molecule has 1 amide bonds. The Labute approximate surface area is 150 Å². The maximum Gasteiger partial charge on any atom is 0.277 e. The molecule has 3 rings (SSSR count). The third-order valence-electron chi connectivity index (χ3n) is 4.18. The highest BCUT2D eigenvalue weighted by Crippen LogP contribution is 2.25. The van der Waals surface area contributed by atoms with E-state index in [1.807, 2.05) is 0 Å². The van der Waals surface area contributed by atoms with Gasteiger partial charge in [0.2, 0.25) is 0 Å². The molecule has 1 aliphatic heterocycles. The van der Waals surface area contributed by atoms with Crippen molar-refractivity contribution < 1.29 is 9.72 Å². The van der Waals surface area contributed by atoms with Crippen LogP contribution in [0.3, 0.4) is 0 Å². The minimum absolute atomic E-state index is 0. The minimum Gasteiger partial charge on any atom is -0.320 e. The summed E-state index contributed by atoms with van der Waals surface area (Å²) in [6.45, 7) is 3.43. The van der Waals surface area contributed by atoms with Crippen molar-refractivity contribution >= 4 is 29.7 Å². The van der Waals surface area contributed by atoms with Crippen molar-refractivity contribution in [3.05, 3.63) is 45.8 Å². The summed E-state index contributed by atoms with van der Waals surface area (Å²) in [5.74, 6) is -0.432. The van der Waals surface area contributed by atoms with Gasteiger partial charge in [0.15, 0.2) is 5.69 Å². The molecule has 2 heterocycles. The van der Waals surface area contributed by atoms with Crippen LogP contribution in [-0.2, 0) is 0 Å². The fourth-order valence-electron chi connectivity index (χ4n) is 2.77. The number of hydrogen-bond acceptors (Lipinski definition) is 6. The summed E-state index contributed by atoms with van der Waals surface area (Å²) >= 11 is 0. The molecule has 10 heteroatoms. The molecule has 0 spiro atoms. The Morgan fingerprint density at radius 3 is 2.80 bits per heavy atom. The minimum atomic E-state index is -0.474. The highest BCUT2D eigenvalue weighted by Gasteiger charge is 2.20. The van der Waals surface area contributed by atoms with E-state index in [0.717, 1.165) is 25.9 Å². The Morgan fingerprint density at radius 2 is 2.12 bits per heavy atom. The molecule has 0 saturated carbocycles. The molecular weight excluding hydrogens is 348 g/mol. The lowest BCUT2D eigenvalue weighted by molar-refractivity contribution is -0.385. The van der Waals surface area contributed by atoms with E-state index < -0.39 is 10.8 Å². The van der Waals surface area contributed by atoms with Crippen LogP contribution in [0.5, 0.6) is 0 Å². The van der Waals surface area contributed by atoms with E-state index in [-0.39, 0.29) is 29.8 Å². The summed E-state index contributed by atoms with van der Waals surface area (Å²) < 4.78 is 1.72. The number of piperidine rings is 1. The maximum absolute atomic E-state index is 12.3. The van der Waals surface area contributed by atoms with Crippen LogP contribution in [-0.4, -0.2) is 38.9 Å². The van der Waals surface area contributed by atoms with Gasteiger partial charge in [-0.2, -0.15) is 0 Å². The molecule has 2 aromatic rings. The fourth-order valence-corrected chi connectivity index (χ4v) is 2.77. The van der Waals surface area contributed by atoms with Gasteiger partial charge in [-0.1, -0.05) is 11.3 Å². The summed E-state index contributed by atoms with van der Waals surface area (Å²) in [6.07, 6.45) is 3.50. The number of carbonyl (C=O) groups excluding carboxylic acids is 1. The number of nitro groups is 1. The number of nitrogens with one attached hydrogen (secondary N) is 2. The number of benzene rings is 1. The van der Waals surface area contributed by atoms with Crippen molar-refractivity contribution in [1.82, 2.24) is 20.3 Å². The van der Waals surface area contributed by atoms with Gasteiger partial charge >= 0.3 is 0 Å². The van der Waals surface area contributed by atoms with E-state index in [1.165, 1.54) is 12.1 Å². The summed E-state index contributed by atoms with van der Waals surface area (Å²) in [5.41, 5.74) is 0.956. The van der Waals surface area contributed by atoms with E-state index >= 15 is 0 Å². The molecule has 1 fully saturated rings. The van der Waals surface area contributed by atoms with E-state index in [1.54, 1.807) is 23.9 Å². The van der Waals surface area contributed by atoms with E-state index in [9.17, 15) is 14.9 Å². The molecule has 1 aliphatic rings. The second-order valence-electron chi connectivity index (χ2n) is 5.73. The summed E-state index contributed by atoms with van der Waals surface area (Å²) in [6, 6.07) is 4.79. The molecule has 1 aromatic carbocycles. The number of nitro benzene ring substituents is 1. The van der Waals surface area contributed by atoms with Gasteiger partial charge in [0, 0.05) is 6.07 Å². The Kier molecular flexibility index (Phi) is 6.05. The van der Waals surface area contributed by atoms with Crippen LogP contribution in [0.2, 0.25) is 0 Å². The standard InChI is InChI=1S/C15H18N6O3.ClH/c1-10-12(3-2-4-14(10)21(23)24)17-15(22)13-9-20(19-18-13)11-5-7-16-8-6-11;/h2-4,9,11,16H,5-8H2,1H3,(H,17,22);1H. The molecule has 0 unspecified atom stereocenters. The first-order chi connectivity index (χ1) is 11.6. The smallest absolute Gasteiger partial charge is 0.277 e. The van der Waals surface area contributed by atoms with Crippen LogP contribution in [0.25, 0.3) is 0 Å². The van der Waals surface area contributed by atoms with Crippen molar-refractivity contribution in [2.45, 2.75) is 25.8 Å². The molecular formula is C15H19ClN6O3. The third kappa shape index (κ3) is 4.12. The maximum atomic E-state index is 12.3. The number of rotatable bonds is 4. The Balaban J connectivity index is 0.00000225. The van der Waals surface area contributed by atoms with Crippen molar-refractivity contribution in [2.75, 3.05) is 18.4 Å². The number of carbonyl (C=O) groups is 1. The third-order valence-corrected chi connectivity index (χ3v) is 4.18. The van der Waals surface area contributed by atoms with Crippen LogP contribution < -0.4 is 10.6 Å². The van der Waals surface area contributed by atoms with Gasteiger partial charge in [-0.3, -0.25) is 14.9 Å². The van der Waals surface area contributed by atoms with Crippen LogP contribution in [0.4, 0.5) is 11.4 Å². The lowest BCUT2D eigenvalue weighted by Gasteiger charge is -2.22.